The Morgan fingerprint density at radius 3 is 2.05 bits per heavy atom. The lowest BCUT2D eigenvalue weighted by Gasteiger charge is -2.43. The molecule has 0 N–H and O–H groups in total. The molecule has 1 saturated heterocycles. The van der Waals surface area contributed by atoms with E-state index in [1.165, 1.54) is 7.11 Å². The average molecular weight is 290 g/mol. The van der Waals surface area contributed by atoms with E-state index in [1.54, 1.807) is 14.2 Å². The van der Waals surface area contributed by atoms with Gasteiger partial charge in [0.1, 0.15) is 18.3 Å². The Kier molecular flexibility index (Phi) is 6.88. The summed E-state index contributed by atoms with van der Waals surface area (Å²) in [5.41, 5.74) is 0. The Morgan fingerprint density at radius 2 is 1.60 bits per heavy atom. The first kappa shape index (κ1) is 17.4. The minimum absolute atomic E-state index is 0.231. The molecule has 0 bridgehead atoms. The van der Waals surface area contributed by atoms with E-state index >= 15 is 0 Å². The van der Waals surface area contributed by atoms with Crippen LogP contribution in [0.5, 0.6) is 0 Å². The molecule has 0 amide bonds. The Morgan fingerprint density at radius 1 is 1.05 bits per heavy atom. The zero-order valence-corrected chi connectivity index (χ0v) is 13.1. The van der Waals surface area contributed by atoms with Crippen LogP contribution in [0.3, 0.4) is 0 Å². The molecule has 0 aromatic heterocycles. The van der Waals surface area contributed by atoms with Crippen molar-refractivity contribution in [2.24, 2.45) is 5.92 Å². The Bertz CT molecular complexity index is 306. The van der Waals surface area contributed by atoms with Gasteiger partial charge in [-0.15, -0.1) is 0 Å². The van der Waals surface area contributed by atoms with Crippen LogP contribution in [0.1, 0.15) is 27.2 Å². The van der Waals surface area contributed by atoms with E-state index in [9.17, 15) is 4.79 Å². The van der Waals surface area contributed by atoms with E-state index in [-0.39, 0.29) is 30.2 Å². The second-order valence-electron chi connectivity index (χ2n) is 5.40. The van der Waals surface area contributed by atoms with E-state index < -0.39 is 12.4 Å². The van der Waals surface area contributed by atoms with Crippen LogP contribution in [-0.4, -0.2) is 58.0 Å². The van der Waals surface area contributed by atoms with Crippen LogP contribution in [0.2, 0.25) is 0 Å². The standard InChI is InChI=1S/C14H26O6/c1-8(2)7-10(15)20-14-13(18-6)12(17-5)11(16-4)9(3)19-14/h8-9,11-14H,7H2,1-6H3/t9-,11-,12+,13+,14-/m0/s1. The lowest BCUT2D eigenvalue weighted by Crippen LogP contribution is -2.59. The molecular weight excluding hydrogens is 264 g/mol. The zero-order valence-electron chi connectivity index (χ0n) is 13.1. The molecule has 118 valence electrons. The van der Waals surface area contributed by atoms with E-state index in [0.717, 1.165) is 0 Å². The number of hydrogen-bond acceptors (Lipinski definition) is 6. The summed E-state index contributed by atoms with van der Waals surface area (Å²) in [6.45, 7) is 5.77. The van der Waals surface area contributed by atoms with Crippen molar-refractivity contribution in [2.75, 3.05) is 21.3 Å². The topological polar surface area (TPSA) is 63.2 Å². The van der Waals surface area contributed by atoms with Gasteiger partial charge >= 0.3 is 5.97 Å². The number of hydrogen-bond donors (Lipinski definition) is 0. The molecule has 0 unspecified atom stereocenters. The van der Waals surface area contributed by atoms with Gasteiger partial charge in [0.05, 0.1) is 6.10 Å². The molecule has 6 heteroatoms. The first-order chi connectivity index (χ1) is 9.44. The zero-order chi connectivity index (χ0) is 15.3. The molecule has 1 fully saturated rings. The first-order valence-electron chi connectivity index (χ1n) is 6.87. The van der Waals surface area contributed by atoms with Gasteiger partial charge in [0.15, 0.2) is 0 Å². The number of ether oxygens (including phenoxy) is 5. The van der Waals surface area contributed by atoms with Crippen molar-refractivity contribution in [3.63, 3.8) is 0 Å². The quantitative estimate of drug-likeness (QED) is 0.688. The Labute approximate surface area is 120 Å². The molecule has 0 aromatic carbocycles. The van der Waals surface area contributed by atoms with Gasteiger partial charge in [0.2, 0.25) is 6.29 Å². The van der Waals surface area contributed by atoms with Crippen molar-refractivity contribution in [2.45, 2.75) is 57.9 Å². The van der Waals surface area contributed by atoms with Crippen LogP contribution in [0.25, 0.3) is 0 Å². The molecule has 0 saturated carbocycles. The van der Waals surface area contributed by atoms with E-state index in [2.05, 4.69) is 0 Å². The van der Waals surface area contributed by atoms with Crippen molar-refractivity contribution >= 4 is 5.97 Å². The maximum Gasteiger partial charge on any atom is 0.308 e. The van der Waals surface area contributed by atoms with Gasteiger partial charge in [0.25, 0.3) is 0 Å². The largest absolute Gasteiger partial charge is 0.433 e. The summed E-state index contributed by atoms with van der Waals surface area (Å²) in [6.07, 6.45) is -1.84. The van der Waals surface area contributed by atoms with Crippen LogP contribution in [0.4, 0.5) is 0 Å². The molecule has 0 aromatic rings. The number of carbonyl (C=O) groups is 1. The molecule has 20 heavy (non-hydrogen) atoms. The predicted molar refractivity (Wildman–Crippen MR) is 72.3 cm³/mol. The highest BCUT2D eigenvalue weighted by Gasteiger charge is 2.47. The molecule has 5 atom stereocenters. The lowest BCUT2D eigenvalue weighted by atomic mass is 9.99. The van der Waals surface area contributed by atoms with E-state index in [1.807, 2.05) is 20.8 Å². The first-order valence-corrected chi connectivity index (χ1v) is 6.87. The summed E-state index contributed by atoms with van der Waals surface area (Å²) in [4.78, 5) is 11.8. The Balaban J connectivity index is 2.77. The minimum atomic E-state index is -0.780. The van der Waals surface area contributed by atoms with Crippen LogP contribution >= 0.6 is 0 Å². The number of esters is 1. The van der Waals surface area contributed by atoms with Crippen molar-refractivity contribution in [3.8, 4) is 0 Å². The fraction of sp³-hybridized carbons (Fsp3) is 0.929. The maximum atomic E-state index is 11.8. The third-order valence-corrected chi connectivity index (χ3v) is 3.37. The molecule has 0 spiro atoms. The Hall–Kier alpha value is -0.690. The molecule has 1 rings (SSSR count). The summed E-state index contributed by atoms with van der Waals surface area (Å²) in [6, 6.07) is 0. The molecule has 1 aliphatic heterocycles. The van der Waals surface area contributed by atoms with Gasteiger partial charge in [-0.3, -0.25) is 4.79 Å². The smallest absolute Gasteiger partial charge is 0.308 e. The summed E-state index contributed by atoms with van der Waals surface area (Å²) in [5.74, 6) is -0.0700. The fourth-order valence-electron chi connectivity index (χ4n) is 2.42. The van der Waals surface area contributed by atoms with E-state index in [4.69, 9.17) is 23.7 Å². The minimum Gasteiger partial charge on any atom is -0.433 e. The van der Waals surface area contributed by atoms with Crippen molar-refractivity contribution in [3.05, 3.63) is 0 Å². The SMILES string of the molecule is CO[C@@H]1[C@@H](OC)[C@H](C)O[C@@H](OC(=O)CC(C)C)[C@@H]1OC. The van der Waals surface area contributed by atoms with Crippen LogP contribution in [0, 0.1) is 5.92 Å². The molecule has 1 heterocycles. The van der Waals surface area contributed by atoms with E-state index in [0.29, 0.717) is 6.42 Å². The van der Waals surface area contributed by atoms with Gasteiger partial charge in [-0.2, -0.15) is 0 Å². The fourth-order valence-corrected chi connectivity index (χ4v) is 2.42. The van der Waals surface area contributed by atoms with Crippen LogP contribution in [0.15, 0.2) is 0 Å². The highest BCUT2D eigenvalue weighted by atomic mass is 16.7. The van der Waals surface area contributed by atoms with Gasteiger partial charge in [-0.05, 0) is 12.8 Å². The van der Waals surface area contributed by atoms with Crippen molar-refractivity contribution in [1.82, 2.24) is 0 Å². The number of carbonyl (C=O) groups excluding carboxylic acids is 1. The average Bonchev–Trinajstić information content (AvgIpc) is 2.36. The highest BCUT2D eigenvalue weighted by Crippen LogP contribution is 2.27. The van der Waals surface area contributed by atoms with Gasteiger partial charge in [0, 0.05) is 27.8 Å². The third-order valence-electron chi connectivity index (χ3n) is 3.37. The van der Waals surface area contributed by atoms with Gasteiger partial charge in [-0.25, -0.2) is 0 Å². The summed E-state index contributed by atoms with van der Waals surface area (Å²) >= 11 is 0. The maximum absolute atomic E-state index is 11.8. The molecule has 1 aliphatic rings. The summed E-state index contributed by atoms with van der Waals surface area (Å²) in [7, 11) is 4.70. The highest BCUT2D eigenvalue weighted by molar-refractivity contribution is 5.69. The van der Waals surface area contributed by atoms with Crippen LogP contribution in [-0.2, 0) is 28.5 Å². The molecule has 0 radical (unpaired) electrons. The van der Waals surface area contributed by atoms with Gasteiger partial charge < -0.3 is 23.7 Å². The number of rotatable bonds is 6. The second kappa shape index (κ2) is 7.93. The lowest BCUT2D eigenvalue weighted by molar-refractivity contribution is -0.297. The second-order valence-corrected chi connectivity index (χ2v) is 5.40. The third kappa shape index (κ3) is 4.15. The molecular formula is C14H26O6. The molecule has 0 aliphatic carbocycles. The van der Waals surface area contributed by atoms with Crippen LogP contribution < -0.4 is 0 Å². The summed E-state index contributed by atoms with van der Waals surface area (Å²) in [5, 5.41) is 0. The van der Waals surface area contributed by atoms with Gasteiger partial charge in [-0.1, -0.05) is 13.8 Å². The molecule has 6 nitrogen and oxygen atoms in total. The normalized spacial score (nSPS) is 34.2. The van der Waals surface area contributed by atoms with Crippen molar-refractivity contribution in [1.29, 1.82) is 0 Å². The number of methoxy groups -OCH3 is 3. The monoisotopic (exact) mass is 290 g/mol. The van der Waals surface area contributed by atoms with Crippen molar-refractivity contribution < 1.29 is 28.5 Å². The predicted octanol–water partition coefficient (Wildman–Crippen LogP) is 1.37. The summed E-state index contributed by atoms with van der Waals surface area (Å²) < 4.78 is 27.3.